The fourth-order valence-electron chi connectivity index (χ4n) is 4.83. The lowest BCUT2D eigenvalue weighted by atomic mass is 10.1. The van der Waals surface area contributed by atoms with E-state index in [1.165, 1.54) is 17.5 Å². The van der Waals surface area contributed by atoms with E-state index in [2.05, 4.69) is 46.3 Å². The molecule has 7 heteroatoms. The summed E-state index contributed by atoms with van der Waals surface area (Å²) >= 11 is 0. The van der Waals surface area contributed by atoms with E-state index in [9.17, 15) is 4.79 Å². The van der Waals surface area contributed by atoms with E-state index in [0.717, 1.165) is 71.4 Å². The Kier molecular flexibility index (Phi) is 7.81. The van der Waals surface area contributed by atoms with Crippen LogP contribution in [0, 0.1) is 5.92 Å². The van der Waals surface area contributed by atoms with Crippen LogP contribution in [0.3, 0.4) is 0 Å². The Balaban J connectivity index is 1.33. The van der Waals surface area contributed by atoms with Gasteiger partial charge in [0.15, 0.2) is 5.96 Å². The summed E-state index contributed by atoms with van der Waals surface area (Å²) in [6.45, 7) is 12.4. The van der Waals surface area contributed by atoms with Crippen LogP contribution < -0.4 is 5.32 Å². The molecule has 0 bridgehead atoms. The number of hydrogen-bond acceptors (Lipinski definition) is 4. The van der Waals surface area contributed by atoms with Crippen LogP contribution in [0.25, 0.3) is 0 Å². The summed E-state index contributed by atoms with van der Waals surface area (Å²) in [4.78, 5) is 23.8. The van der Waals surface area contributed by atoms with Gasteiger partial charge in [0.1, 0.15) is 0 Å². The average Bonchev–Trinajstić information content (AvgIpc) is 3.41. The highest BCUT2D eigenvalue weighted by Crippen LogP contribution is 2.19. The van der Waals surface area contributed by atoms with Crippen molar-refractivity contribution in [2.75, 3.05) is 59.0 Å². The molecule has 1 aromatic rings. The van der Waals surface area contributed by atoms with E-state index in [1.54, 1.807) is 0 Å². The number of ether oxygens (including phenoxy) is 1. The van der Waals surface area contributed by atoms with Crippen LogP contribution in [0.4, 0.5) is 0 Å². The van der Waals surface area contributed by atoms with Gasteiger partial charge in [0.2, 0.25) is 5.91 Å². The highest BCUT2D eigenvalue weighted by Gasteiger charge is 2.27. The number of aliphatic imine (C=N–C) groups is 1. The lowest BCUT2D eigenvalue weighted by molar-refractivity contribution is -0.128. The minimum atomic E-state index is 0.276. The fourth-order valence-corrected chi connectivity index (χ4v) is 4.83. The van der Waals surface area contributed by atoms with Crippen LogP contribution in [0.5, 0.6) is 0 Å². The Hall–Kier alpha value is -2.12. The van der Waals surface area contributed by atoms with Crippen LogP contribution in [-0.2, 0) is 22.6 Å². The molecular weight excluding hydrogens is 390 g/mol. The molecule has 0 radical (unpaired) electrons. The molecule has 3 aliphatic rings. The number of nitrogens with one attached hydrogen (secondary N) is 1. The van der Waals surface area contributed by atoms with E-state index >= 15 is 0 Å². The molecule has 1 N–H and O–H groups in total. The smallest absolute Gasteiger partial charge is 0.222 e. The molecule has 3 saturated heterocycles. The number of likely N-dealkylation sites (tertiary alicyclic amines) is 2. The summed E-state index contributed by atoms with van der Waals surface area (Å²) in [5, 5.41) is 3.49. The van der Waals surface area contributed by atoms with E-state index in [0.29, 0.717) is 25.4 Å². The molecule has 170 valence electrons. The van der Waals surface area contributed by atoms with Crippen molar-refractivity contribution < 1.29 is 9.53 Å². The number of carbonyl (C=O) groups excluding carboxylic acids is 1. The lowest BCUT2D eigenvalue weighted by Crippen LogP contribution is -2.42. The van der Waals surface area contributed by atoms with Crippen molar-refractivity contribution in [3.05, 3.63) is 35.4 Å². The number of rotatable bonds is 7. The first kappa shape index (κ1) is 22.1. The number of morpholine rings is 1. The van der Waals surface area contributed by atoms with E-state index in [-0.39, 0.29) is 5.91 Å². The molecule has 0 aliphatic carbocycles. The summed E-state index contributed by atoms with van der Waals surface area (Å²) in [6.07, 6.45) is 2.90. The minimum absolute atomic E-state index is 0.276. The number of nitrogens with zero attached hydrogens (tertiary/aromatic N) is 4. The quantitative estimate of drug-likeness (QED) is 0.532. The molecule has 1 atom stereocenters. The molecule has 0 saturated carbocycles. The van der Waals surface area contributed by atoms with Gasteiger partial charge in [-0.1, -0.05) is 24.3 Å². The maximum atomic E-state index is 11.9. The fraction of sp³-hybridized carbons (Fsp3) is 0.667. The number of hydrogen-bond donors (Lipinski definition) is 1. The number of carbonyl (C=O) groups is 1. The van der Waals surface area contributed by atoms with Gasteiger partial charge in [-0.25, -0.2) is 4.99 Å². The van der Waals surface area contributed by atoms with Gasteiger partial charge in [-0.2, -0.15) is 0 Å². The van der Waals surface area contributed by atoms with Crippen molar-refractivity contribution in [2.45, 2.75) is 39.3 Å². The molecule has 7 nitrogen and oxygen atoms in total. The predicted octanol–water partition coefficient (Wildman–Crippen LogP) is 1.93. The topological polar surface area (TPSA) is 60.4 Å². The van der Waals surface area contributed by atoms with Crippen LogP contribution in [0.15, 0.2) is 29.3 Å². The maximum Gasteiger partial charge on any atom is 0.222 e. The van der Waals surface area contributed by atoms with Crippen molar-refractivity contribution in [1.82, 2.24) is 20.0 Å². The van der Waals surface area contributed by atoms with Gasteiger partial charge in [-0.15, -0.1) is 0 Å². The van der Waals surface area contributed by atoms with Crippen molar-refractivity contribution in [3.8, 4) is 0 Å². The number of amides is 1. The van der Waals surface area contributed by atoms with Crippen LogP contribution in [0.2, 0.25) is 0 Å². The monoisotopic (exact) mass is 427 g/mol. The standard InChI is InChI=1S/C24H37N5O2/c1-2-25-24(29-10-8-22(19-29)17-27-11-13-31-14-12-27)26-16-20-5-3-6-21(15-20)18-28-9-4-7-23(28)30/h3,5-6,15,22H,2,4,7-14,16-19H2,1H3,(H,25,26). The average molecular weight is 428 g/mol. The molecule has 31 heavy (non-hydrogen) atoms. The Bertz CT molecular complexity index is 762. The molecular formula is C24H37N5O2. The Morgan fingerprint density at radius 2 is 2.03 bits per heavy atom. The Morgan fingerprint density at radius 1 is 1.19 bits per heavy atom. The molecule has 0 spiro atoms. The molecule has 3 heterocycles. The SMILES string of the molecule is CCNC(=NCc1cccc(CN2CCCC2=O)c1)N1CCC(CN2CCOCC2)C1. The number of guanidine groups is 1. The second kappa shape index (κ2) is 11.0. The zero-order chi connectivity index (χ0) is 21.5. The summed E-state index contributed by atoms with van der Waals surface area (Å²) in [5.74, 6) is 1.99. The zero-order valence-electron chi connectivity index (χ0n) is 18.9. The van der Waals surface area contributed by atoms with E-state index in [1.807, 2.05) is 4.90 Å². The highest BCUT2D eigenvalue weighted by atomic mass is 16.5. The van der Waals surface area contributed by atoms with Gasteiger partial charge >= 0.3 is 0 Å². The third kappa shape index (κ3) is 6.20. The zero-order valence-corrected chi connectivity index (χ0v) is 18.9. The minimum Gasteiger partial charge on any atom is -0.379 e. The van der Waals surface area contributed by atoms with Gasteiger partial charge in [0.05, 0.1) is 19.8 Å². The lowest BCUT2D eigenvalue weighted by Gasteiger charge is -2.29. The Labute approximate surface area is 186 Å². The van der Waals surface area contributed by atoms with E-state index < -0.39 is 0 Å². The van der Waals surface area contributed by atoms with Gasteiger partial charge < -0.3 is 19.9 Å². The molecule has 4 rings (SSSR count). The van der Waals surface area contributed by atoms with Crippen molar-refractivity contribution in [2.24, 2.45) is 10.9 Å². The molecule has 1 amide bonds. The molecule has 3 fully saturated rings. The second-order valence-electron chi connectivity index (χ2n) is 8.92. The van der Waals surface area contributed by atoms with Crippen molar-refractivity contribution in [3.63, 3.8) is 0 Å². The first-order valence-corrected chi connectivity index (χ1v) is 11.9. The normalized spacial score (nSPS) is 23.1. The highest BCUT2D eigenvalue weighted by molar-refractivity contribution is 5.80. The summed E-state index contributed by atoms with van der Waals surface area (Å²) in [5.41, 5.74) is 2.39. The predicted molar refractivity (Wildman–Crippen MR) is 123 cm³/mol. The number of benzene rings is 1. The third-order valence-electron chi connectivity index (χ3n) is 6.49. The van der Waals surface area contributed by atoms with Gasteiger partial charge in [0.25, 0.3) is 0 Å². The van der Waals surface area contributed by atoms with Crippen molar-refractivity contribution >= 4 is 11.9 Å². The van der Waals surface area contributed by atoms with Gasteiger partial charge in [-0.3, -0.25) is 9.69 Å². The second-order valence-corrected chi connectivity index (χ2v) is 8.92. The first-order chi connectivity index (χ1) is 15.2. The van der Waals surface area contributed by atoms with Crippen LogP contribution >= 0.6 is 0 Å². The summed E-state index contributed by atoms with van der Waals surface area (Å²) < 4.78 is 5.48. The third-order valence-corrected chi connectivity index (χ3v) is 6.49. The van der Waals surface area contributed by atoms with Gasteiger partial charge in [-0.05, 0) is 36.8 Å². The molecule has 3 aliphatic heterocycles. The molecule has 1 aromatic carbocycles. The maximum absolute atomic E-state index is 11.9. The largest absolute Gasteiger partial charge is 0.379 e. The summed E-state index contributed by atoms with van der Waals surface area (Å²) in [6, 6.07) is 8.53. The van der Waals surface area contributed by atoms with Crippen LogP contribution in [0.1, 0.15) is 37.3 Å². The summed E-state index contributed by atoms with van der Waals surface area (Å²) in [7, 11) is 0. The van der Waals surface area contributed by atoms with Gasteiger partial charge in [0, 0.05) is 58.8 Å². The van der Waals surface area contributed by atoms with E-state index in [4.69, 9.17) is 9.73 Å². The molecule has 1 unspecified atom stereocenters. The van der Waals surface area contributed by atoms with Crippen molar-refractivity contribution in [1.29, 1.82) is 0 Å². The first-order valence-electron chi connectivity index (χ1n) is 11.9. The Morgan fingerprint density at radius 3 is 2.81 bits per heavy atom. The molecule has 0 aromatic heterocycles. The van der Waals surface area contributed by atoms with Crippen LogP contribution in [-0.4, -0.2) is 85.6 Å².